The molecule has 0 fully saturated rings. The van der Waals surface area contributed by atoms with Gasteiger partial charge in [0.15, 0.2) is 4.73 Å². The Labute approximate surface area is 80.3 Å². The number of H-pyrrole nitrogens is 1. The molecule has 0 saturated heterocycles. The molecule has 1 N–H and O–H groups in total. The maximum atomic E-state index is 4.19. The van der Waals surface area contributed by atoms with Crippen LogP contribution >= 0.6 is 31.9 Å². The van der Waals surface area contributed by atoms with Crippen molar-refractivity contribution >= 4 is 42.9 Å². The van der Waals surface area contributed by atoms with Crippen molar-refractivity contribution in [3.63, 3.8) is 0 Å². The molecule has 4 heteroatoms. The summed E-state index contributed by atoms with van der Waals surface area (Å²) in [7, 11) is 0. The standard InChI is InChI=1S/C7H4Br2N2/c8-4-1-2-5-6(3-4)11-7(9)10-5/h1-3H,(H,10,11). The Morgan fingerprint density at radius 2 is 2.09 bits per heavy atom. The lowest BCUT2D eigenvalue weighted by Gasteiger charge is -1.87. The van der Waals surface area contributed by atoms with Crippen molar-refractivity contribution in [2.24, 2.45) is 0 Å². The summed E-state index contributed by atoms with van der Waals surface area (Å²) < 4.78 is 1.83. The number of aromatic amines is 1. The normalized spacial score (nSPS) is 10.7. The number of hydrogen-bond donors (Lipinski definition) is 1. The van der Waals surface area contributed by atoms with Crippen LogP contribution in [0.4, 0.5) is 0 Å². The molecule has 0 aliphatic heterocycles. The van der Waals surface area contributed by atoms with E-state index in [1.54, 1.807) is 0 Å². The molecular formula is C7H4Br2N2. The molecule has 11 heavy (non-hydrogen) atoms. The van der Waals surface area contributed by atoms with Crippen LogP contribution in [0.1, 0.15) is 0 Å². The van der Waals surface area contributed by atoms with Crippen molar-refractivity contribution in [1.29, 1.82) is 0 Å². The third kappa shape index (κ3) is 1.32. The molecule has 0 saturated carbocycles. The second-order valence-corrected chi connectivity index (χ2v) is 3.86. The zero-order chi connectivity index (χ0) is 7.84. The van der Waals surface area contributed by atoms with Crippen LogP contribution in [-0.2, 0) is 0 Å². The van der Waals surface area contributed by atoms with Gasteiger partial charge in [-0.2, -0.15) is 0 Å². The summed E-state index contributed by atoms with van der Waals surface area (Å²) in [6.45, 7) is 0. The van der Waals surface area contributed by atoms with Gasteiger partial charge in [0.1, 0.15) is 0 Å². The van der Waals surface area contributed by atoms with Crippen LogP contribution in [-0.4, -0.2) is 9.97 Å². The number of imidazole rings is 1. The predicted octanol–water partition coefficient (Wildman–Crippen LogP) is 3.09. The van der Waals surface area contributed by atoms with Gasteiger partial charge in [-0.1, -0.05) is 15.9 Å². The number of halogens is 2. The summed E-state index contributed by atoms with van der Waals surface area (Å²) in [6, 6.07) is 5.92. The predicted molar refractivity (Wildman–Crippen MR) is 51.5 cm³/mol. The summed E-state index contributed by atoms with van der Waals surface area (Å²) in [4.78, 5) is 7.27. The van der Waals surface area contributed by atoms with Gasteiger partial charge in [0.2, 0.25) is 0 Å². The van der Waals surface area contributed by atoms with Crippen molar-refractivity contribution in [3.05, 3.63) is 27.4 Å². The third-order valence-corrected chi connectivity index (χ3v) is 2.28. The van der Waals surface area contributed by atoms with Gasteiger partial charge in [0, 0.05) is 4.47 Å². The first kappa shape index (κ1) is 7.31. The van der Waals surface area contributed by atoms with Gasteiger partial charge >= 0.3 is 0 Å². The van der Waals surface area contributed by atoms with Crippen molar-refractivity contribution < 1.29 is 0 Å². The average Bonchev–Trinajstić information content (AvgIpc) is 2.27. The number of rotatable bonds is 0. The van der Waals surface area contributed by atoms with Gasteiger partial charge in [0.05, 0.1) is 11.0 Å². The summed E-state index contributed by atoms with van der Waals surface area (Å²) in [5.74, 6) is 0. The Balaban J connectivity index is 2.82. The first-order chi connectivity index (χ1) is 5.25. The maximum Gasteiger partial charge on any atom is 0.175 e. The number of benzene rings is 1. The minimum Gasteiger partial charge on any atom is -0.332 e. The Hall–Kier alpha value is -0.350. The van der Waals surface area contributed by atoms with Crippen LogP contribution < -0.4 is 0 Å². The second-order valence-electron chi connectivity index (χ2n) is 2.19. The van der Waals surface area contributed by atoms with E-state index in [0.29, 0.717) is 0 Å². The van der Waals surface area contributed by atoms with Gasteiger partial charge in [-0.3, -0.25) is 0 Å². The molecule has 2 rings (SSSR count). The van der Waals surface area contributed by atoms with E-state index < -0.39 is 0 Å². The lowest BCUT2D eigenvalue weighted by molar-refractivity contribution is 1.27. The van der Waals surface area contributed by atoms with Gasteiger partial charge < -0.3 is 4.98 Å². The smallest absolute Gasteiger partial charge is 0.175 e. The van der Waals surface area contributed by atoms with Crippen molar-refractivity contribution in [3.8, 4) is 0 Å². The van der Waals surface area contributed by atoms with Crippen LogP contribution in [0, 0.1) is 0 Å². The molecule has 0 aliphatic rings. The zero-order valence-electron chi connectivity index (χ0n) is 5.44. The molecule has 1 heterocycles. The Kier molecular flexibility index (Phi) is 1.73. The van der Waals surface area contributed by atoms with E-state index >= 15 is 0 Å². The lowest BCUT2D eigenvalue weighted by Crippen LogP contribution is -1.67. The van der Waals surface area contributed by atoms with Crippen LogP contribution in [0.2, 0.25) is 0 Å². The maximum absolute atomic E-state index is 4.19. The van der Waals surface area contributed by atoms with Crippen molar-refractivity contribution in [2.45, 2.75) is 0 Å². The van der Waals surface area contributed by atoms with E-state index in [-0.39, 0.29) is 0 Å². The summed E-state index contributed by atoms with van der Waals surface area (Å²) >= 11 is 6.65. The Morgan fingerprint density at radius 1 is 1.27 bits per heavy atom. The van der Waals surface area contributed by atoms with E-state index in [0.717, 1.165) is 20.2 Å². The molecular weight excluding hydrogens is 272 g/mol. The minimum atomic E-state index is 0.769. The van der Waals surface area contributed by atoms with Gasteiger partial charge in [-0.25, -0.2) is 4.98 Å². The molecule has 0 unspecified atom stereocenters. The van der Waals surface area contributed by atoms with Crippen LogP contribution in [0.5, 0.6) is 0 Å². The SMILES string of the molecule is Brc1ccc2nc(Br)[nH]c2c1. The van der Waals surface area contributed by atoms with E-state index in [9.17, 15) is 0 Å². The molecule has 0 radical (unpaired) electrons. The van der Waals surface area contributed by atoms with Gasteiger partial charge in [-0.05, 0) is 34.1 Å². The number of nitrogens with one attached hydrogen (secondary N) is 1. The molecule has 0 amide bonds. The first-order valence-corrected chi connectivity index (χ1v) is 4.65. The molecule has 0 bridgehead atoms. The first-order valence-electron chi connectivity index (χ1n) is 3.06. The van der Waals surface area contributed by atoms with E-state index in [1.807, 2.05) is 18.2 Å². The fourth-order valence-electron chi connectivity index (χ4n) is 0.951. The quantitative estimate of drug-likeness (QED) is 0.786. The lowest BCUT2D eigenvalue weighted by atomic mass is 10.3. The monoisotopic (exact) mass is 274 g/mol. The third-order valence-electron chi connectivity index (χ3n) is 1.42. The Bertz CT molecular complexity index is 394. The highest BCUT2D eigenvalue weighted by atomic mass is 79.9. The number of aromatic nitrogens is 2. The molecule has 0 spiro atoms. The summed E-state index contributed by atoms with van der Waals surface area (Å²) in [5.41, 5.74) is 2.01. The van der Waals surface area contributed by atoms with Crippen molar-refractivity contribution in [1.82, 2.24) is 9.97 Å². The fraction of sp³-hybridized carbons (Fsp3) is 0. The average molecular weight is 276 g/mol. The minimum absolute atomic E-state index is 0.769. The molecule has 0 atom stereocenters. The van der Waals surface area contributed by atoms with E-state index in [1.165, 1.54) is 0 Å². The largest absolute Gasteiger partial charge is 0.332 e. The molecule has 1 aromatic heterocycles. The second kappa shape index (κ2) is 2.60. The van der Waals surface area contributed by atoms with E-state index in [2.05, 4.69) is 41.8 Å². The van der Waals surface area contributed by atoms with E-state index in [4.69, 9.17) is 0 Å². The van der Waals surface area contributed by atoms with Crippen LogP contribution in [0.15, 0.2) is 27.4 Å². The number of fused-ring (bicyclic) bond motifs is 1. The highest BCUT2D eigenvalue weighted by Crippen LogP contribution is 2.19. The van der Waals surface area contributed by atoms with Crippen LogP contribution in [0.25, 0.3) is 11.0 Å². The Morgan fingerprint density at radius 3 is 2.91 bits per heavy atom. The molecule has 0 aliphatic carbocycles. The molecule has 56 valence electrons. The van der Waals surface area contributed by atoms with Crippen LogP contribution in [0.3, 0.4) is 0 Å². The molecule has 2 nitrogen and oxygen atoms in total. The zero-order valence-corrected chi connectivity index (χ0v) is 8.61. The highest BCUT2D eigenvalue weighted by molar-refractivity contribution is 9.10. The summed E-state index contributed by atoms with van der Waals surface area (Å²) in [5, 5.41) is 0. The molecule has 1 aromatic carbocycles. The number of nitrogens with zero attached hydrogens (tertiary/aromatic N) is 1. The number of hydrogen-bond acceptors (Lipinski definition) is 1. The topological polar surface area (TPSA) is 28.7 Å². The molecule has 2 aromatic rings. The van der Waals surface area contributed by atoms with Gasteiger partial charge in [-0.15, -0.1) is 0 Å². The summed E-state index contributed by atoms with van der Waals surface area (Å²) in [6.07, 6.45) is 0. The highest BCUT2D eigenvalue weighted by Gasteiger charge is 1.98. The van der Waals surface area contributed by atoms with Crippen molar-refractivity contribution in [2.75, 3.05) is 0 Å². The van der Waals surface area contributed by atoms with Gasteiger partial charge in [0.25, 0.3) is 0 Å². The fourth-order valence-corrected chi connectivity index (χ4v) is 1.72.